The van der Waals surface area contributed by atoms with E-state index in [9.17, 15) is 9.59 Å². The van der Waals surface area contributed by atoms with Crippen LogP contribution in [0, 0.1) is 23.2 Å². The number of rotatable bonds is 5. The van der Waals surface area contributed by atoms with Gasteiger partial charge in [0, 0.05) is 6.42 Å². The molecule has 0 heterocycles. The number of para-hydroxylation sites is 1. The van der Waals surface area contributed by atoms with E-state index < -0.39 is 0 Å². The van der Waals surface area contributed by atoms with E-state index in [0.29, 0.717) is 17.1 Å². The molecule has 4 saturated carbocycles. The molecule has 4 aliphatic rings. The predicted octanol–water partition coefficient (Wildman–Crippen LogP) is 4.00. The first-order chi connectivity index (χ1) is 12.0. The average molecular weight is 361 g/mol. The quantitative estimate of drug-likeness (QED) is 0.833. The van der Waals surface area contributed by atoms with Gasteiger partial charge in [-0.05, 0) is 73.8 Å². The molecular formula is C20H25ClN2O2. The van der Waals surface area contributed by atoms with Crippen molar-refractivity contribution in [3.63, 3.8) is 0 Å². The van der Waals surface area contributed by atoms with E-state index in [1.165, 1.54) is 38.5 Å². The Labute approximate surface area is 153 Å². The molecule has 4 bridgehead atoms. The van der Waals surface area contributed by atoms with Gasteiger partial charge in [-0.15, -0.1) is 0 Å². The highest BCUT2D eigenvalue weighted by atomic mass is 35.5. The van der Waals surface area contributed by atoms with Crippen molar-refractivity contribution in [1.29, 1.82) is 0 Å². The van der Waals surface area contributed by atoms with Crippen molar-refractivity contribution in [1.82, 2.24) is 5.32 Å². The van der Waals surface area contributed by atoms with Gasteiger partial charge >= 0.3 is 0 Å². The monoisotopic (exact) mass is 360 g/mol. The number of benzene rings is 1. The Morgan fingerprint density at radius 1 is 1.00 bits per heavy atom. The summed E-state index contributed by atoms with van der Waals surface area (Å²) in [5, 5.41) is 6.04. The Morgan fingerprint density at radius 2 is 1.60 bits per heavy atom. The molecule has 0 aromatic heterocycles. The number of anilines is 1. The second-order valence-corrected chi connectivity index (χ2v) is 8.81. The van der Waals surface area contributed by atoms with Gasteiger partial charge in [-0.2, -0.15) is 0 Å². The van der Waals surface area contributed by atoms with E-state index in [1.54, 1.807) is 12.1 Å². The molecule has 1 aromatic rings. The van der Waals surface area contributed by atoms with Crippen LogP contribution in [0.3, 0.4) is 0 Å². The number of hydrogen-bond acceptors (Lipinski definition) is 2. The summed E-state index contributed by atoms with van der Waals surface area (Å²) >= 11 is 6.03. The van der Waals surface area contributed by atoms with Crippen LogP contribution in [-0.2, 0) is 9.59 Å². The van der Waals surface area contributed by atoms with Crippen LogP contribution in [0.5, 0.6) is 0 Å². The highest BCUT2D eigenvalue weighted by Gasteiger charge is 2.51. The first kappa shape index (κ1) is 16.9. The number of amides is 2. The molecule has 0 spiro atoms. The van der Waals surface area contributed by atoms with E-state index in [1.807, 2.05) is 12.1 Å². The zero-order chi connectivity index (χ0) is 17.4. The van der Waals surface area contributed by atoms with Gasteiger partial charge in [0.05, 0.1) is 17.3 Å². The van der Waals surface area contributed by atoms with Crippen molar-refractivity contribution < 1.29 is 9.59 Å². The average Bonchev–Trinajstić information content (AvgIpc) is 2.53. The van der Waals surface area contributed by atoms with E-state index in [4.69, 9.17) is 11.6 Å². The summed E-state index contributed by atoms with van der Waals surface area (Å²) in [7, 11) is 0. The maximum Gasteiger partial charge on any atom is 0.243 e. The highest BCUT2D eigenvalue weighted by Crippen LogP contribution is 2.61. The summed E-state index contributed by atoms with van der Waals surface area (Å²) in [6.07, 6.45) is 8.33. The molecule has 1 aromatic carbocycles. The Hall–Kier alpha value is -1.55. The van der Waals surface area contributed by atoms with Crippen molar-refractivity contribution in [2.24, 2.45) is 23.2 Å². The Morgan fingerprint density at radius 3 is 2.20 bits per heavy atom. The third-order valence-corrected chi connectivity index (χ3v) is 6.62. The number of halogens is 1. The van der Waals surface area contributed by atoms with Crippen molar-refractivity contribution >= 4 is 29.1 Å². The third kappa shape index (κ3) is 3.69. The van der Waals surface area contributed by atoms with Crippen molar-refractivity contribution in [2.45, 2.75) is 44.9 Å². The van der Waals surface area contributed by atoms with Gasteiger partial charge in [-0.1, -0.05) is 23.7 Å². The number of nitrogens with one attached hydrogen (secondary N) is 2. The fraction of sp³-hybridized carbons (Fsp3) is 0.600. The highest BCUT2D eigenvalue weighted by molar-refractivity contribution is 6.33. The SMILES string of the molecule is O=C(CC12CC3CC(CC(C3)C1)C2)NCC(=O)Nc1ccccc1Cl. The molecule has 134 valence electrons. The largest absolute Gasteiger partial charge is 0.347 e. The molecule has 2 N–H and O–H groups in total. The number of carbonyl (C=O) groups excluding carboxylic acids is 2. The Kier molecular flexibility index (Phi) is 4.48. The lowest BCUT2D eigenvalue weighted by Crippen LogP contribution is -2.48. The minimum absolute atomic E-state index is 0.00355. The molecular weight excluding hydrogens is 336 g/mol. The molecule has 0 saturated heterocycles. The van der Waals surface area contributed by atoms with Crippen molar-refractivity contribution in [3.05, 3.63) is 29.3 Å². The van der Waals surface area contributed by atoms with Crippen molar-refractivity contribution in [3.8, 4) is 0 Å². The molecule has 5 heteroatoms. The number of hydrogen-bond donors (Lipinski definition) is 2. The summed E-state index contributed by atoms with van der Waals surface area (Å²) in [6, 6.07) is 7.10. The molecule has 25 heavy (non-hydrogen) atoms. The summed E-state index contributed by atoms with van der Waals surface area (Å²) in [4.78, 5) is 24.5. The molecule has 5 rings (SSSR count). The van der Waals surface area contributed by atoms with Crippen LogP contribution in [0.2, 0.25) is 5.02 Å². The molecule has 4 fully saturated rings. The van der Waals surface area contributed by atoms with E-state index in [-0.39, 0.29) is 23.8 Å². The molecule has 0 atom stereocenters. The minimum Gasteiger partial charge on any atom is -0.347 e. The lowest BCUT2D eigenvalue weighted by Gasteiger charge is -2.56. The topological polar surface area (TPSA) is 58.2 Å². The summed E-state index contributed by atoms with van der Waals surface area (Å²) in [6.45, 7) is -0.00355. The molecule has 4 nitrogen and oxygen atoms in total. The maximum atomic E-state index is 12.4. The van der Waals surface area contributed by atoms with Crippen LogP contribution in [0.1, 0.15) is 44.9 Å². The molecule has 2 amide bonds. The van der Waals surface area contributed by atoms with E-state index in [0.717, 1.165) is 17.8 Å². The summed E-state index contributed by atoms with van der Waals surface area (Å²) in [5.41, 5.74) is 0.780. The smallest absolute Gasteiger partial charge is 0.243 e. The zero-order valence-corrected chi connectivity index (χ0v) is 15.1. The molecule has 4 aliphatic carbocycles. The van der Waals surface area contributed by atoms with Crippen LogP contribution in [0.4, 0.5) is 5.69 Å². The molecule has 0 unspecified atom stereocenters. The summed E-state index contributed by atoms with van der Waals surface area (Å²) < 4.78 is 0. The van der Waals surface area contributed by atoms with Gasteiger partial charge in [0.15, 0.2) is 0 Å². The Balaban J connectivity index is 1.28. The lowest BCUT2D eigenvalue weighted by atomic mass is 9.49. The standard InChI is InChI=1S/C20H25ClN2O2/c21-16-3-1-2-4-17(16)23-19(25)12-22-18(24)11-20-8-13-5-14(9-20)7-15(6-13)10-20/h1-4,13-15H,5-12H2,(H,22,24)(H,23,25). The van der Waals surface area contributed by atoms with Gasteiger partial charge in [0.1, 0.15) is 0 Å². The molecule has 0 aliphatic heterocycles. The normalized spacial score (nSPS) is 32.4. The first-order valence-corrected chi connectivity index (χ1v) is 9.70. The van der Waals surface area contributed by atoms with Gasteiger partial charge in [-0.3, -0.25) is 9.59 Å². The van der Waals surface area contributed by atoms with Crippen LogP contribution in [0.15, 0.2) is 24.3 Å². The second-order valence-electron chi connectivity index (χ2n) is 8.40. The lowest BCUT2D eigenvalue weighted by molar-refractivity contribution is -0.131. The summed E-state index contributed by atoms with van der Waals surface area (Å²) in [5.74, 6) is 2.27. The van der Waals surface area contributed by atoms with Crippen LogP contribution in [-0.4, -0.2) is 18.4 Å². The van der Waals surface area contributed by atoms with Gasteiger partial charge in [0.25, 0.3) is 0 Å². The van der Waals surface area contributed by atoms with Crippen LogP contribution < -0.4 is 10.6 Å². The zero-order valence-electron chi connectivity index (χ0n) is 14.4. The first-order valence-electron chi connectivity index (χ1n) is 9.32. The third-order valence-electron chi connectivity index (χ3n) is 6.29. The van der Waals surface area contributed by atoms with E-state index >= 15 is 0 Å². The second kappa shape index (κ2) is 6.64. The fourth-order valence-corrected chi connectivity index (χ4v) is 6.03. The van der Waals surface area contributed by atoms with Gasteiger partial charge < -0.3 is 10.6 Å². The molecule has 0 radical (unpaired) electrons. The predicted molar refractivity (Wildman–Crippen MR) is 98.3 cm³/mol. The van der Waals surface area contributed by atoms with Gasteiger partial charge in [0.2, 0.25) is 11.8 Å². The fourth-order valence-electron chi connectivity index (χ4n) is 5.85. The van der Waals surface area contributed by atoms with Crippen LogP contribution in [0.25, 0.3) is 0 Å². The minimum atomic E-state index is -0.244. The van der Waals surface area contributed by atoms with E-state index in [2.05, 4.69) is 10.6 Å². The van der Waals surface area contributed by atoms with Crippen molar-refractivity contribution in [2.75, 3.05) is 11.9 Å². The maximum absolute atomic E-state index is 12.4. The Bertz CT molecular complexity index is 653. The van der Waals surface area contributed by atoms with Gasteiger partial charge in [-0.25, -0.2) is 0 Å². The van der Waals surface area contributed by atoms with Crippen LogP contribution >= 0.6 is 11.6 Å². The number of carbonyl (C=O) groups is 2.